The highest BCUT2D eigenvalue weighted by atomic mass is 32.1. The van der Waals surface area contributed by atoms with Crippen LogP contribution in [0.5, 0.6) is 0 Å². The molecule has 0 unspecified atom stereocenters. The van der Waals surface area contributed by atoms with Gasteiger partial charge in [-0.2, -0.15) is 9.49 Å². The van der Waals surface area contributed by atoms with Gasteiger partial charge in [0.05, 0.1) is 5.52 Å². The lowest BCUT2D eigenvalue weighted by atomic mass is 9.89. The number of pyridine rings is 1. The standard InChI is InChI=1S/C22H19FN6S/c23-18-4-3-17(30-18)14-7-10-25-21-19(14)26-22(27-21)20-15-11-13(1-2-16(15)28-29-20)12-5-8-24-9-6-12/h1-4,7,10-12,24H,5-6,8-9H2,(H,28,29)(H,25,26,27). The maximum absolute atomic E-state index is 13.6. The maximum Gasteiger partial charge on any atom is 0.176 e. The molecule has 1 aromatic carbocycles. The minimum atomic E-state index is -0.213. The van der Waals surface area contributed by atoms with Crippen molar-refractivity contribution >= 4 is 33.4 Å². The van der Waals surface area contributed by atoms with Crippen molar-refractivity contribution in [3.05, 3.63) is 53.3 Å². The Kier molecular flexibility index (Phi) is 4.14. The number of fused-ring (bicyclic) bond motifs is 2. The Labute approximate surface area is 175 Å². The molecule has 8 heteroatoms. The molecular formula is C22H19FN6S. The molecule has 6 nitrogen and oxygen atoms in total. The SMILES string of the molecule is Fc1ccc(-c2ccnc3[nH]c(-c4n[nH]c5ccc(C6CCNCC6)cc45)nc23)s1. The van der Waals surface area contributed by atoms with Gasteiger partial charge in [0.1, 0.15) is 11.2 Å². The molecule has 0 saturated carbocycles. The maximum atomic E-state index is 13.6. The summed E-state index contributed by atoms with van der Waals surface area (Å²) in [5.74, 6) is 1.23. The van der Waals surface area contributed by atoms with Crippen LogP contribution in [0.4, 0.5) is 4.39 Å². The molecule has 5 heterocycles. The molecule has 3 N–H and O–H groups in total. The van der Waals surface area contributed by atoms with Gasteiger partial charge in [-0.1, -0.05) is 6.07 Å². The summed E-state index contributed by atoms with van der Waals surface area (Å²) >= 11 is 1.11. The van der Waals surface area contributed by atoms with E-state index >= 15 is 0 Å². The van der Waals surface area contributed by atoms with E-state index in [4.69, 9.17) is 4.98 Å². The van der Waals surface area contributed by atoms with Crippen LogP contribution in [-0.4, -0.2) is 38.2 Å². The number of hydrogen-bond donors (Lipinski definition) is 3. The minimum Gasteiger partial charge on any atom is -0.321 e. The Morgan fingerprint density at radius 1 is 1.07 bits per heavy atom. The lowest BCUT2D eigenvalue weighted by molar-refractivity contribution is 0.460. The quantitative estimate of drug-likeness (QED) is 0.392. The highest BCUT2D eigenvalue weighted by Crippen LogP contribution is 2.35. The van der Waals surface area contributed by atoms with Gasteiger partial charge in [0.2, 0.25) is 0 Å². The fourth-order valence-electron chi connectivity index (χ4n) is 4.30. The summed E-state index contributed by atoms with van der Waals surface area (Å²) in [5.41, 5.74) is 5.36. The van der Waals surface area contributed by atoms with Crippen molar-refractivity contribution in [2.75, 3.05) is 13.1 Å². The second-order valence-electron chi connectivity index (χ2n) is 7.65. The molecule has 0 atom stereocenters. The average molecular weight is 419 g/mol. The van der Waals surface area contributed by atoms with Gasteiger partial charge in [-0.05, 0) is 67.7 Å². The monoisotopic (exact) mass is 418 g/mol. The zero-order valence-electron chi connectivity index (χ0n) is 16.1. The summed E-state index contributed by atoms with van der Waals surface area (Å²) < 4.78 is 13.6. The van der Waals surface area contributed by atoms with Gasteiger partial charge >= 0.3 is 0 Å². The number of imidazole rings is 1. The summed E-state index contributed by atoms with van der Waals surface area (Å²) in [6.45, 7) is 2.12. The van der Waals surface area contributed by atoms with Gasteiger partial charge in [-0.3, -0.25) is 5.10 Å². The number of H-pyrrole nitrogens is 2. The summed E-state index contributed by atoms with van der Waals surface area (Å²) in [4.78, 5) is 13.4. The van der Waals surface area contributed by atoms with Crippen molar-refractivity contribution in [1.29, 1.82) is 0 Å². The first-order valence-corrected chi connectivity index (χ1v) is 10.9. The average Bonchev–Trinajstić information content (AvgIpc) is 3.51. The molecular weight excluding hydrogens is 399 g/mol. The Morgan fingerprint density at radius 2 is 1.97 bits per heavy atom. The molecule has 6 rings (SSSR count). The van der Waals surface area contributed by atoms with Crippen LogP contribution in [0.1, 0.15) is 24.3 Å². The molecule has 0 bridgehead atoms. The van der Waals surface area contributed by atoms with Crippen molar-refractivity contribution in [2.24, 2.45) is 0 Å². The predicted octanol–water partition coefficient (Wildman–Crippen LogP) is 4.84. The van der Waals surface area contributed by atoms with E-state index in [0.717, 1.165) is 69.8 Å². The Hall–Kier alpha value is -3.10. The Balaban J connectivity index is 1.47. The number of benzene rings is 1. The zero-order valence-corrected chi connectivity index (χ0v) is 16.9. The number of piperidine rings is 1. The van der Waals surface area contributed by atoms with Gasteiger partial charge in [-0.25, -0.2) is 9.97 Å². The second-order valence-corrected chi connectivity index (χ2v) is 8.68. The molecule has 30 heavy (non-hydrogen) atoms. The second kappa shape index (κ2) is 7.00. The van der Waals surface area contributed by atoms with Crippen LogP contribution in [0.2, 0.25) is 0 Å². The molecule has 1 aliphatic rings. The van der Waals surface area contributed by atoms with Crippen LogP contribution in [0.25, 0.3) is 44.0 Å². The third kappa shape index (κ3) is 2.91. The van der Waals surface area contributed by atoms with E-state index in [9.17, 15) is 4.39 Å². The topological polar surface area (TPSA) is 82.3 Å². The minimum absolute atomic E-state index is 0.213. The van der Waals surface area contributed by atoms with Gasteiger partial charge < -0.3 is 10.3 Å². The molecule has 4 aromatic heterocycles. The van der Waals surface area contributed by atoms with Crippen LogP contribution >= 0.6 is 11.3 Å². The summed E-state index contributed by atoms with van der Waals surface area (Å²) in [7, 11) is 0. The van der Waals surface area contributed by atoms with Crippen LogP contribution < -0.4 is 5.32 Å². The van der Waals surface area contributed by atoms with Crippen molar-refractivity contribution in [2.45, 2.75) is 18.8 Å². The molecule has 0 radical (unpaired) electrons. The van der Waals surface area contributed by atoms with Crippen molar-refractivity contribution in [3.8, 4) is 22.0 Å². The van der Waals surface area contributed by atoms with E-state index in [1.807, 2.05) is 6.07 Å². The summed E-state index contributed by atoms with van der Waals surface area (Å²) in [5, 5.41) is 11.9. The number of aromatic nitrogens is 5. The number of rotatable bonds is 3. The zero-order chi connectivity index (χ0) is 20.1. The van der Waals surface area contributed by atoms with E-state index in [2.05, 4.69) is 43.7 Å². The lowest BCUT2D eigenvalue weighted by Gasteiger charge is -2.23. The van der Waals surface area contributed by atoms with Gasteiger partial charge in [0, 0.05) is 22.0 Å². The van der Waals surface area contributed by atoms with Crippen LogP contribution in [-0.2, 0) is 0 Å². The first-order valence-electron chi connectivity index (χ1n) is 10.1. The lowest BCUT2D eigenvalue weighted by Crippen LogP contribution is -2.26. The van der Waals surface area contributed by atoms with Gasteiger partial charge in [0.15, 0.2) is 16.6 Å². The first kappa shape index (κ1) is 17.7. The van der Waals surface area contributed by atoms with E-state index in [1.54, 1.807) is 12.3 Å². The van der Waals surface area contributed by atoms with E-state index in [1.165, 1.54) is 11.6 Å². The molecule has 5 aromatic rings. The number of nitrogens with zero attached hydrogens (tertiary/aromatic N) is 3. The molecule has 0 amide bonds. The molecule has 1 fully saturated rings. The van der Waals surface area contributed by atoms with E-state index in [-0.39, 0.29) is 5.13 Å². The summed E-state index contributed by atoms with van der Waals surface area (Å²) in [6.07, 6.45) is 4.01. The first-order chi connectivity index (χ1) is 14.8. The van der Waals surface area contributed by atoms with Gasteiger partial charge in [-0.15, -0.1) is 11.3 Å². The smallest absolute Gasteiger partial charge is 0.176 e. The summed E-state index contributed by atoms with van der Waals surface area (Å²) in [6, 6.07) is 11.7. The third-order valence-corrected chi connectivity index (χ3v) is 6.75. The number of hydrogen-bond acceptors (Lipinski definition) is 5. The van der Waals surface area contributed by atoms with Crippen LogP contribution in [0.15, 0.2) is 42.6 Å². The van der Waals surface area contributed by atoms with Crippen molar-refractivity contribution in [1.82, 2.24) is 30.5 Å². The van der Waals surface area contributed by atoms with E-state index < -0.39 is 0 Å². The van der Waals surface area contributed by atoms with Gasteiger partial charge in [0.25, 0.3) is 0 Å². The fraction of sp³-hybridized carbons (Fsp3) is 0.227. The number of halogens is 1. The molecule has 0 aliphatic carbocycles. The predicted molar refractivity (Wildman–Crippen MR) is 117 cm³/mol. The number of thiophene rings is 1. The largest absolute Gasteiger partial charge is 0.321 e. The van der Waals surface area contributed by atoms with Crippen LogP contribution in [0, 0.1) is 5.13 Å². The third-order valence-electron chi connectivity index (χ3n) is 5.85. The number of nitrogens with one attached hydrogen (secondary N) is 3. The molecule has 150 valence electrons. The Morgan fingerprint density at radius 3 is 2.80 bits per heavy atom. The molecule has 0 spiro atoms. The van der Waals surface area contributed by atoms with Crippen molar-refractivity contribution < 1.29 is 4.39 Å². The van der Waals surface area contributed by atoms with Crippen LogP contribution in [0.3, 0.4) is 0 Å². The Bertz CT molecular complexity index is 1360. The van der Waals surface area contributed by atoms with Crippen molar-refractivity contribution in [3.63, 3.8) is 0 Å². The highest BCUT2D eigenvalue weighted by Gasteiger charge is 2.19. The molecule has 1 aliphatic heterocycles. The molecule has 1 saturated heterocycles. The van der Waals surface area contributed by atoms with E-state index in [0.29, 0.717) is 17.4 Å². The highest BCUT2D eigenvalue weighted by molar-refractivity contribution is 7.14. The number of aromatic amines is 2. The normalized spacial score (nSPS) is 15.4. The fourth-order valence-corrected chi connectivity index (χ4v) is 5.06.